The molecule has 0 fully saturated rings. The smallest absolute Gasteiger partial charge is 0.357 e. The molecule has 7 nitrogen and oxygen atoms in total. The molecule has 3 aromatic carbocycles. The van der Waals surface area contributed by atoms with E-state index in [4.69, 9.17) is 4.52 Å². The molecule has 1 aliphatic heterocycles. The Morgan fingerprint density at radius 1 is 0.953 bits per heavy atom. The average molecular weight is 577 g/mol. The summed E-state index contributed by atoms with van der Waals surface area (Å²) in [5, 5.41) is 3.87. The van der Waals surface area contributed by atoms with Gasteiger partial charge in [0.25, 0.3) is 5.91 Å². The number of amides is 1. The number of H-pyrrole nitrogens is 1. The fourth-order valence-electron chi connectivity index (χ4n) is 5.66. The predicted octanol–water partition coefficient (Wildman–Crippen LogP) is 7.08. The number of nitrogens with zero attached hydrogens (tertiary/aromatic N) is 3. The molecule has 2 heterocycles. The first-order valence-electron chi connectivity index (χ1n) is 14.8. The number of aromatic amines is 1. The Morgan fingerprint density at radius 3 is 2.21 bits per heavy atom. The number of carbonyl (C=O) groups is 1. The predicted molar refractivity (Wildman–Crippen MR) is 171 cm³/mol. The van der Waals surface area contributed by atoms with Gasteiger partial charge >= 0.3 is 5.76 Å². The summed E-state index contributed by atoms with van der Waals surface area (Å²) >= 11 is 0. The van der Waals surface area contributed by atoms with Gasteiger partial charge in [0.2, 0.25) is 0 Å². The number of hydrogen-bond acceptors (Lipinski definition) is 5. The Balaban J connectivity index is 1.43. The van der Waals surface area contributed by atoms with Crippen LogP contribution in [0.2, 0.25) is 0 Å². The minimum Gasteiger partial charge on any atom is -0.357 e. The van der Waals surface area contributed by atoms with E-state index in [0.29, 0.717) is 18.8 Å². The molecule has 222 valence electrons. The van der Waals surface area contributed by atoms with E-state index in [1.54, 1.807) is 0 Å². The zero-order valence-corrected chi connectivity index (χ0v) is 25.7. The summed E-state index contributed by atoms with van der Waals surface area (Å²) in [4.78, 5) is 32.6. The number of carbonyl (C=O) groups excluding carboxylic acids is 1. The highest BCUT2D eigenvalue weighted by molar-refractivity contribution is 5.95. The van der Waals surface area contributed by atoms with Crippen molar-refractivity contribution in [1.82, 2.24) is 19.9 Å². The molecule has 1 amide bonds. The van der Waals surface area contributed by atoms with Crippen LogP contribution >= 0.6 is 0 Å². The second kappa shape index (κ2) is 12.3. The zero-order chi connectivity index (χ0) is 30.7. The van der Waals surface area contributed by atoms with Gasteiger partial charge in [-0.2, -0.15) is 0 Å². The summed E-state index contributed by atoms with van der Waals surface area (Å²) in [7, 11) is 2.08. The molecule has 0 aliphatic carbocycles. The maximum Gasteiger partial charge on any atom is 0.439 e. The first-order valence-corrected chi connectivity index (χ1v) is 14.8. The monoisotopic (exact) mass is 576 g/mol. The van der Waals surface area contributed by atoms with Gasteiger partial charge in [0.1, 0.15) is 6.17 Å². The second-order valence-corrected chi connectivity index (χ2v) is 12.2. The Kier molecular flexibility index (Phi) is 8.53. The van der Waals surface area contributed by atoms with Crippen molar-refractivity contribution < 1.29 is 9.32 Å². The fourth-order valence-corrected chi connectivity index (χ4v) is 5.66. The van der Waals surface area contributed by atoms with Crippen molar-refractivity contribution in [2.24, 2.45) is 0 Å². The standard InChI is InChI=1S/C36H40N4O3/c1-7-8-13-32-31(34(41)40(24(2)39(32)6)23-26-16-20-28(21-17-26)36(3,4)5)22-25-14-18-27(19-15-25)29-11-9-10-12-30(29)33-37-35(42)43-38-33/h7,9-12,14-21,24H,1,8,13,22-23H2,2-6H3,(H,37,38,42). The molecule has 0 bridgehead atoms. The maximum atomic E-state index is 14.2. The van der Waals surface area contributed by atoms with Gasteiger partial charge in [0, 0.05) is 36.8 Å². The van der Waals surface area contributed by atoms with E-state index in [1.807, 2.05) is 47.4 Å². The maximum absolute atomic E-state index is 14.2. The Bertz CT molecular complexity index is 1690. The number of hydrogen-bond donors (Lipinski definition) is 1. The lowest BCUT2D eigenvalue weighted by Gasteiger charge is -2.44. The third kappa shape index (κ3) is 6.41. The highest BCUT2D eigenvalue weighted by atomic mass is 16.5. The number of aromatic nitrogens is 2. The molecule has 1 N–H and O–H groups in total. The Hall–Kier alpha value is -4.65. The summed E-state index contributed by atoms with van der Waals surface area (Å²) < 4.78 is 4.73. The van der Waals surface area contributed by atoms with Gasteiger partial charge in [0.05, 0.1) is 0 Å². The summed E-state index contributed by atoms with van der Waals surface area (Å²) in [5.41, 5.74) is 8.10. The van der Waals surface area contributed by atoms with Crippen molar-refractivity contribution in [3.05, 3.63) is 124 Å². The van der Waals surface area contributed by atoms with E-state index >= 15 is 0 Å². The van der Waals surface area contributed by atoms with E-state index in [9.17, 15) is 9.59 Å². The van der Waals surface area contributed by atoms with Gasteiger partial charge in [0.15, 0.2) is 5.82 Å². The minimum atomic E-state index is -0.590. The van der Waals surface area contributed by atoms with E-state index in [2.05, 4.69) is 92.8 Å². The summed E-state index contributed by atoms with van der Waals surface area (Å²) in [6.45, 7) is 13.2. The highest BCUT2D eigenvalue weighted by Gasteiger charge is 2.35. The zero-order valence-electron chi connectivity index (χ0n) is 25.7. The first-order chi connectivity index (χ1) is 20.6. The van der Waals surface area contributed by atoms with Crippen LogP contribution in [0.15, 0.2) is 106 Å². The van der Waals surface area contributed by atoms with E-state index in [-0.39, 0.29) is 17.5 Å². The SMILES string of the molecule is C=CCCC1=C(Cc2ccc(-c3ccccc3-c3noc(=O)[nH]3)cc2)C(=O)N(Cc2ccc(C(C)(C)C)cc2)C(C)N1C. The van der Waals surface area contributed by atoms with Crippen molar-refractivity contribution >= 4 is 5.91 Å². The lowest BCUT2D eigenvalue weighted by Crippen LogP contribution is -2.52. The van der Waals surface area contributed by atoms with Crippen LogP contribution in [0.1, 0.15) is 57.2 Å². The summed E-state index contributed by atoms with van der Waals surface area (Å²) in [5.74, 6) is -0.123. The van der Waals surface area contributed by atoms with Crippen LogP contribution in [-0.4, -0.2) is 39.1 Å². The number of benzene rings is 3. The fraction of sp³-hybridized carbons (Fsp3) is 0.306. The molecule has 0 radical (unpaired) electrons. The minimum absolute atomic E-state index is 0.0693. The van der Waals surface area contributed by atoms with Gasteiger partial charge in [-0.25, -0.2) is 4.79 Å². The van der Waals surface area contributed by atoms with Gasteiger partial charge in [-0.15, -0.1) is 6.58 Å². The molecule has 1 aliphatic rings. The van der Waals surface area contributed by atoms with Crippen LogP contribution in [0.5, 0.6) is 0 Å². The molecule has 1 unspecified atom stereocenters. The van der Waals surface area contributed by atoms with Crippen LogP contribution < -0.4 is 5.76 Å². The Labute approximate surface area is 253 Å². The molecule has 7 heteroatoms. The van der Waals surface area contributed by atoms with Gasteiger partial charge in [-0.3, -0.25) is 14.3 Å². The third-order valence-electron chi connectivity index (χ3n) is 8.33. The molecule has 1 atom stereocenters. The van der Waals surface area contributed by atoms with Crippen LogP contribution in [0.3, 0.4) is 0 Å². The molecule has 1 aromatic heterocycles. The summed E-state index contributed by atoms with van der Waals surface area (Å²) in [6, 6.07) is 24.6. The number of nitrogens with one attached hydrogen (secondary N) is 1. The van der Waals surface area contributed by atoms with Crippen LogP contribution in [0, 0.1) is 0 Å². The lowest BCUT2D eigenvalue weighted by molar-refractivity contribution is -0.135. The molecule has 0 saturated heterocycles. The molecular weight excluding hydrogens is 536 g/mol. The molecule has 0 spiro atoms. The van der Waals surface area contributed by atoms with Crippen molar-refractivity contribution in [3.63, 3.8) is 0 Å². The molecular formula is C36H40N4O3. The average Bonchev–Trinajstić information content (AvgIpc) is 3.44. The van der Waals surface area contributed by atoms with Crippen molar-refractivity contribution in [2.45, 2.75) is 65.1 Å². The van der Waals surface area contributed by atoms with E-state index in [0.717, 1.165) is 51.9 Å². The third-order valence-corrected chi connectivity index (χ3v) is 8.33. The van der Waals surface area contributed by atoms with Crippen LogP contribution in [0.25, 0.3) is 22.5 Å². The molecule has 43 heavy (non-hydrogen) atoms. The topological polar surface area (TPSA) is 82.4 Å². The second-order valence-electron chi connectivity index (χ2n) is 12.2. The van der Waals surface area contributed by atoms with Gasteiger partial charge in [-0.05, 0) is 53.0 Å². The lowest BCUT2D eigenvalue weighted by atomic mass is 9.86. The Morgan fingerprint density at radius 2 is 1.60 bits per heavy atom. The molecule has 5 rings (SSSR count). The van der Waals surface area contributed by atoms with E-state index < -0.39 is 5.76 Å². The largest absolute Gasteiger partial charge is 0.439 e. The highest BCUT2D eigenvalue weighted by Crippen LogP contribution is 2.33. The number of allylic oxidation sites excluding steroid dienone is 2. The van der Waals surface area contributed by atoms with Crippen LogP contribution in [0.4, 0.5) is 0 Å². The molecule has 0 saturated carbocycles. The van der Waals surface area contributed by atoms with Crippen molar-refractivity contribution in [3.8, 4) is 22.5 Å². The quantitative estimate of drug-likeness (QED) is 0.215. The van der Waals surface area contributed by atoms with E-state index in [1.165, 1.54) is 5.56 Å². The van der Waals surface area contributed by atoms with Crippen molar-refractivity contribution in [1.29, 1.82) is 0 Å². The normalized spacial score (nSPS) is 15.7. The van der Waals surface area contributed by atoms with Gasteiger partial charge < -0.3 is 9.80 Å². The van der Waals surface area contributed by atoms with Crippen molar-refractivity contribution in [2.75, 3.05) is 7.05 Å². The van der Waals surface area contributed by atoms with Gasteiger partial charge in [-0.1, -0.05) is 105 Å². The summed E-state index contributed by atoms with van der Waals surface area (Å²) in [6.07, 6.45) is 3.93. The van der Waals surface area contributed by atoms with Crippen LogP contribution in [-0.2, 0) is 23.2 Å². The first kappa shape index (κ1) is 29.8. The molecule has 4 aromatic rings. The number of rotatable bonds is 9.